The van der Waals surface area contributed by atoms with E-state index in [2.05, 4.69) is 24.5 Å². The molecular weight excluding hydrogens is 1220 g/mol. The Kier molecular flexibility index (Phi) is 44.3. The van der Waals surface area contributed by atoms with Gasteiger partial charge in [0.1, 0.15) is 91.5 Å². The van der Waals surface area contributed by atoms with Crippen LogP contribution in [0.2, 0.25) is 0 Å². The van der Waals surface area contributed by atoms with Crippen molar-refractivity contribution in [3.8, 4) is 0 Å². The normalized spacial score (nSPS) is 32.2. The van der Waals surface area contributed by atoms with Crippen molar-refractivity contribution in [2.24, 2.45) is 0 Å². The summed E-state index contributed by atoms with van der Waals surface area (Å²) in [5.41, 5.74) is 0. The van der Waals surface area contributed by atoms with Gasteiger partial charge in [-0.25, -0.2) is 0 Å². The van der Waals surface area contributed by atoms with Gasteiger partial charge in [-0.3, -0.25) is 9.59 Å². The van der Waals surface area contributed by atoms with E-state index in [9.17, 15) is 70.9 Å². The van der Waals surface area contributed by atoms with Crippen LogP contribution >= 0.6 is 0 Å². The summed E-state index contributed by atoms with van der Waals surface area (Å²) in [6.07, 6.45) is 11.6. The van der Waals surface area contributed by atoms with E-state index in [1.165, 1.54) is 174 Å². The minimum absolute atomic E-state index is 0.205. The molecule has 0 aromatic heterocycles. The lowest BCUT2D eigenvalue weighted by atomic mass is 9.94. The van der Waals surface area contributed by atoms with Gasteiger partial charge in [0.25, 0.3) is 0 Å². The highest BCUT2D eigenvalue weighted by Crippen LogP contribution is 2.37. The van der Waals surface area contributed by atoms with Crippen molar-refractivity contribution < 1.29 is 109 Å². The van der Waals surface area contributed by atoms with Gasteiger partial charge in [0.2, 0.25) is 11.8 Å². The third kappa shape index (κ3) is 30.4. The van der Waals surface area contributed by atoms with Gasteiger partial charge in [0.15, 0.2) is 25.2 Å². The molecule has 24 heteroatoms. The molecule has 0 saturated carbocycles. The minimum atomic E-state index is -2.00. The van der Waals surface area contributed by atoms with E-state index in [1.54, 1.807) is 6.08 Å². The van der Waals surface area contributed by atoms with Crippen LogP contribution in [0.4, 0.5) is 0 Å². The smallest absolute Gasteiger partial charge is 0.220 e. The quantitative estimate of drug-likeness (QED) is 0.0248. The van der Waals surface area contributed by atoms with Gasteiger partial charge in [-0.2, -0.15) is 0 Å². The Morgan fingerprint density at radius 2 is 0.851 bits per heavy atom. The number of aliphatic hydroxyl groups is 12. The van der Waals surface area contributed by atoms with Gasteiger partial charge in [-0.1, -0.05) is 231 Å². The number of carbonyl (C=O) groups is 2. The van der Waals surface area contributed by atoms with E-state index in [1.807, 2.05) is 6.08 Å². The predicted molar refractivity (Wildman–Crippen MR) is 352 cm³/mol. The van der Waals surface area contributed by atoms with Gasteiger partial charge in [-0.05, 0) is 26.2 Å². The summed E-state index contributed by atoms with van der Waals surface area (Å²) >= 11 is 0. The molecule has 4 heterocycles. The fraction of sp³-hybridized carbons (Fsp3) is 0.943. The topological polar surface area (TPSA) is 375 Å². The number of hydrogen-bond acceptors (Lipinski definition) is 22. The molecule has 24 nitrogen and oxygen atoms in total. The summed E-state index contributed by atoms with van der Waals surface area (Å²) < 4.78 is 48.2. The maximum Gasteiger partial charge on any atom is 0.220 e. The van der Waals surface area contributed by atoms with Crippen LogP contribution in [0.15, 0.2) is 12.2 Å². The van der Waals surface area contributed by atoms with Crippen LogP contribution in [-0.4, -0.2) is 234 Å². The molecule has 94 heavy (non-hydrogen) atoms. The Morgan fingerprint density at radius 1 is 0.436 bits per heavy atom. The monoisotopic (exact) mass is 1350 g/mol. The fourth-order valence-corrected chi connectivity index (χ4v) is 13.1. The maximum atomic E-state index is 13.6. The summed E-state index contributed by atoms with van der Waals surface area (Å²) in [5, 5.41) is 138. The molecule has 4 fully saturated rings. The molecule has 552 valence electrons. The zero-order chi connectivity index (χ0) is 68.6. The zero-order valence-electron chi connectivity index (χ0n) is 57.6. The van der Waals surface area contributed by atoms with E-state index in [0.29, 0.717) is 12.8 Å². The third-order valence-electron chi connectivity index (χ3n) is 19.1. The van der Waals surface area contributed by atoms with E-state index in [-0.39, 0.29) is 12.3 Å². The molecule has 22 atom stereocenters. The largest absolute Gasteiger partial charge is 0.394 e. The summed E-state index contributed by atoms with van der Waals surface area (Å²) in [7, 11) is 0. The molecule has 4 rings (SSSR count). The Morgan fingerprint density at radius 3 is 1.33 bits per heavy atom. The molecule has 4 saturated heterocycles. The molecular formula is C70H130N2O22. The number of allylic oxidation sites excluding steroid dienone is 1. The summed E-state index contributed by atoms with van der Waals surface area (Å²) in [4.78, 5) is 25.9. The molecule has 4 aliphatic heterocycles. The Labute approximate surface area is 561 Å². The number of nitrogens with one attached hydrogen (secondary N) is 2. The average molecular weight is 1350 g/mol. The SMILES string of the molecule is CCCCCCCCCCCCC/C=C/[C@@H](O)[C@H](CO[C@@H]1OC(CO)[C@@H](O[C@@H]2OC(CO)[C@H](O)C(O[C@H]3OC(CO)[C@H](O)C(O)C3NC(C)=O)C2O[C@@H]2OC(C)[C@@H](O)C(O)C2O)C(O)C1O)NC(=O)CCCCCCCCCCCCCCCCCCCCCCCCC. The molecule has 0 aromatic rings. The molecule has 0 bridgehead atoms. The van der Waals surface area contributed by atoms with Crippen LogP contribution in [-0.2, 0) is 47.5 Å². The summed E-state index contributed by atoms with van der Waals surface area (Å²) in [6, 6.07) is -2.62. The van der Waals surface area contributed by atoms with Crippen LogP contribution in [0, 0.1) is 0 Å². The van der Waals surface area contributed by atoms with Crippen molar-refractivity contribution in [1.82, 2.24) is 10.6 Å². The molecule has 14 N–H and O–H groups in total. The lowest BCUT2D eigenvalue weighted by Crippen LogP contribution is -2.69. The van der Waals surface area contributed by atoms with E-state index >= 15 is 0 Å². The van der Waals surface area contributed by atoms with Crippen molar-refractivity contribution in [2.45, 2.75) is 394 Å². The number of aliphatic hydroxyl groups excluding tert-OH is 12. The lowest BCUT2D eigenvalue weighted by molar-refractivity contribution is -0.401. The van der Waals surface area contributed by atoms with Gasteiger partial charge in [-0.15, -0.1) is 0 Å². The Hall–Kier alpha value is -2.12. The first-order valence-electron chi connectivity index (χ1n) is 36.8. The number of carbonyl (C=O) groups excluding carboxylic acids is 2. The highest BCUT2D eigenvalue weighted by molar-refractivity contribution is 5.76. The zero-order valence-corrected chi connectivity index (χ0v) is 57.6. The second-order valence-corrected chi connectivity index (χ2v) is 27.1. The van der Waals surface area contributed by atoms with Crippen molar-refractivity contribution in [1.29, 1.82) is 0 Å². The summed E-state index contributed by atoms with van der Waals surface area (Å²) in [5.74, 6) is -1.03. The molecule has 12 unspecified atom stereocenters. The predicted octanol–water partition coefficient (Wildman–Crippen LogP) is 5.93. The highest BCUT2D eigenvalue weighted by atomic mass is 16.8. The van der Waals surface area contributed by atoms with Crippen molar-refractivity contribution in [3.05, 3.63) is 12.2 Å². The van der Waals surface area contributed by atoms with E-state index in [4.69, 9.17) is 37.9 Å². The second-order valence-electron chi connectivity index (χ2n) is 27.1. The standard InChI is InChI=1S/C70H130N2O22/c1-5-7-9-11-13-15-17-19-20-21-22-23-24-25-26-27-28-30-32-34-36-38-40-42-54(78)72-49(50(77)41-39-37-35-33-31-29-18-16-14-12-10-8-6-2)46-87-68-63(86)61(84)64(53(45-75)91-68)92-70-66(94-69-62(85)60(83)56(79)47(3)88-69)65(58(81)52(44-74)90-70)93-67-55(71-48(4)76)59(82)57(80)51(43-73)89-67/h39,41,47,49-53,55-70,73-75,77,79-86H,5-38,40,42-46H2,1-4H3,(H,71,76)(H,72,78)/b41-39+/t47?,49-,50+,51?,52?,53?,55?,56+,57-,58-,59?,60?,61?,62?,63?,64+,65?,66?,67+,68+,69-,70-/m0/s1. The van der Waals surface area contributed by atoms with Gasteiger partial charge < -0.3 is 110 Å². The Bertz CT molecular complexity index is 1950. The molecule has 0 radical (unpaired) electrons. The highest BCUT2D eigenvalue weighted by Gasteiger charge is 2.57. The van der Waals surface area contributed by atoms with Crippen LogP contribution < -0.4 is 10.6 Å². The van der Waals surface area contributed by atoms with Gasteiger partial charge >= 0.3 is 0 Å². The number of ether oxygens (including phenoxy) is 8. The average Bonchev–Trinajstić information content (AvgIpc) is 0.821. The van der Waals surface area contributed by atoms with Crippen LogP contribution in [0.3, 0.4) is 0 Å². The fourth-order valence-electron chi connectivity index (χ4n) is 13.1. The van der Waals surface area contributed by atoms with Crippen molar-refractivity contribution in [2.75, 3.05) is 26.4 Å². The number of rotatable bonds is 52. The second kappa shape index (κ2) is 49.4. The van der Waals surface area contributed by atoms with Gasteiger partial charge in [0.05, 0.1) is 44.7 Å². The first-order valence-corrected chi connectivity index (χ1v) is 36.8. The van der Waals surface area contributed by atoms with Crippen LogP contribution in [0.5, 0.6) is 0 Å². The molecule has 2 amide bonds. The number of hydrogen-bond donors (Lipinski definition) is 14. The molecule has 0 spiro atoms. The first-order chi connectivity index (χ1) is 45.4. The summed E-state index contributed by atoms with van der Waals surface area (Å²) in [6.45, 7) is 3.84. The number of unbranched alkanes of at least 4 members (excludes halogenated alkanes) is 33. The van der Waals surface area contributed by atoms with Gasteiger partial charge in [0, 0.05) is 13.3 Å². The lowest BCUT2D eigenvalue weighted by Gasteiger charge is -2.51. The minimum Gasteiger partial charge on any atom is -0.394 e. The van der Waals surface area contributed by atoms with Crippen LogP contribution in [0.25, 0.3) is 0 Å². The van der Waals surface area contributed by atoms with Crippen LogP contribution in [0.1, 0.15) is 259 Å². The third-order valence-corrected chi connectivity index (χ3v) is 19.1. The van der Waals surface area contributed by atoms with Crippen molar-refractivity contribution >= 4 is 11.8 Å². The first kappa shape index (κ1) is 84.3. The van der Waals surface area contributed by atoms with E-state index in [0.717, 1.165) is 51.9 Å². The Balaban J connectivity index is 1.36. The maximum absolute atomic E-state index is 13.6. The van der Waals surface area contributed by atoms with E-state index < -0.39 is 167 Å². The van der Waals surface area contributed by atoms with Crippen molar-refractivity contribution in [3.63, 3.8) is 0 Å². The molecule has 4 aliphatic rings. The molecule has 0 aromatic carbocycles. The molecule has 0 aliphatic carbocycles. The number of amides is 2.